The molecule has 0 fully saturated rings. The number of rotatable bonds is 8. The average molecular weight is 360 g/mol. The number of aliphatic hydroxyl groups excluding tert-OH is 2. The van der Waals surface area contributed by atoms with E-state index in [1.54, 1.807) is 6.08 Å². The minimum absolute atomic E-state index is 0.0608. The van der Waals surface area contributed by atoms with Gasteiger partial charge in [-0.25, -0.2) is 0 Å². The van der Waals surface area contributed by atoms with Crippen molar-refractivity contribution in [3.8, 4) is 5.75 Å². The smallest absolute Gasteiger partial charge is 0.228 e. The maximum Gasteiger partial charge on any atom is 0.228 e. The minimum atomic E-state index is -0.950. The van der Waals surface area contributed by atoms with Gasteiger partial charge in [0.25, 0.3) is 0 Å². The van der Waals surface area contributed by atoms with E-state index in [9.17, 15) is 19.8 Å². The summed E-state index contributed by atoms with van der Waals surface area (Å²) >= 11 is 0. The van der Waals surface area contributed by atoms with E-state index in [2.05, 4.69) is 0 Å². The summed E-state index contributed by atoms with van der Waals surface area (Å²) in [6, 6.07) is 1.52. The van der Waals surface area contributed by atoms with Gasteiger partial charge in [0, 0.05) is 17.2 Å². The number of phenolic OH excluding ortho intramolecular Hbond substituents is 1. The quantitative estimate of drug-likeness (QED) is 0.616. The van der Waals surface area contributed by atoms with E-state index in [0.29, 0.717) is 18.4 Å². The number of allylic oxidation sites excluding steroid dienone is 3. The topological polar surface area (TPSA) is 104 Å². The van der Waals surface area contributed by atoms with Crippen LogP contribution in [0.1, 0.15) is 64.1 Å². The van der Waals surface area contributed by atoms with Crippen LogP contribution in [0.15, 0.2) is 30.1 Å². The van der Waals surface area contributed by atoms with E-state index < -0.39 is 17.7 Å². The second-order valence-electron chi connectivity index (χ2n) is 6.14. The zero-order chi connectivity index (χ0) is 19.3. The van der Waals surface area contributed by atoms with Crippen LogP contribution in [0.4, 0.5) is 0 Å². The van der Waals surface area contributed by atoms with Crippen LogP contribution in [0, 0.1) is 0 Å². The van der Waals surface area contributed by atoms with Crippen molar-refractivity contribution >= 4 is 11.6 Å². The van der Waals surface area contributed by atoms with Gasteiger partial charge in [-0.2, -0.15) is 0 Å². The number of phenols is 1. The van der Waals surface area contributed by atoms with Gasteiger partial charge in [0.2, 0.25) is 5.78 Å². The van der Waals surface area contributed by atoms with Crippen molar-refractivity contribution in [3.63, 3.8) is 0 Å². The van der Waals surface area contributed by atoms with Gasteiger partial charge in [-0.1, -0.05) is 31.9 Å². The van der Waals surface area contributed by atoms with Crippen molar-refractivity contribution in [3.05, 3.63) is 52.3 Å². The molecule has 3 N–H and O–H groups in total. The number of ketones is 2. The number of hydrogen-bond acceptors (Lipinski definition) is 6. The van der Waals surface area contributed by atoms with Crippen molar-refractivity contribution in [1.82, 2.24) is 0 Å². The molecule has 1 aromatic carbocycles. The first-order valence-corrected chi connectivity index (χ1v) is 8.63. The standard InChI is InChI=1S/C20H24O6/c1-3-4-8-14(22)17-12(7-5-6-9-21)10-13-18(20(17)25)15(23)11-16(26-2)19(13)24/h5-6,10-11,14,21-22,25H,3-4,7-9H2,1-2H3/b6-5+. The highest BCUT2D eigenvalue weighted by Gasteiger charge is 2.33. The molecule has 6 heteroatoms. The first kappa shape index (κ1) is 19.9. The Hall–Kier alpha value is -2.44. The molecular weight excluding hydrogens is 336 g/mol. The molecule has 1 aliphatic rings. The van der Waals surface area contributed by atoms with Crippen LogP contribution < -0.4 is 0 Å². The Morgan fingerprint density at radius 2 is 2.00 bits per heavy atom. The monoisotopic (exact) mass is 360 g/mol. The molecule has 1 aliphatic carbocycles. The number of benzene rings is 1. The number of fused-ring (bicyclic) bond motifs is 1. The van der Waals surface area contributed by atoms with Gasteiger partial charge in [0.1, 0.15) is 5.75 Å². The summed E-state index contributed by atoms with van der Waals surface area (Å²) < 4.78 is 4.95. The third-order valence-corrected chi connectivity index (χ3v) is 4.40. The van der Waals surface area contributed by atoms with Crippen molar-refractivity contribution in [2.24, 2.45) is 0 Å². The van der Waals surface area contributed by atoms with Crippen molar-refractivity contribution < 1.29 is 29.6 Å². The molecular formula is C20H24O6. The van der Waals surface area contributed by atoms with Crippen LogP contribution in [0.5, 0.6) is 5.75 Å². The number of carbonyl (C=O) groups excluding carboxylic acids is 2. The lowest BCUT2D eigenvalue weighted by Gasteiger charge is -2.22. The van der Waals surface area contributed by atoms with E-state index in [4.69, 9.17) is 9.84 Å². The zero-order valence-electron chi connectivity index (χ0n) is 15.0. The highest BCUT2D eigenvalue weighted by atomic mass is 16.5. The van der Waals surface area contributed by atoms with Crippen LogP contribution in [0.25, 0.3) is 0 Å². The number of Topliss-reactive ketones (excluding diaryl/α,β-unsaturated/α-hetero) is 1. The van der Waals surface area contributed by atoms with E-state index in [1.165, 1.54) is 19.3 Å². The molecule has 26 heavy (non-hydrogen) atoms. The molecule has 0 bridgehead atoms. The number of hydrogen-bond donors (Lipinski definition) is 3. The van der Waals surface area contributed by atoms with Crippen molar-refractivity contribution in [2.45, 2.75) is 38.7 Å². The largest absolute Gasteiger partial charge is 0.507 e. The molecule has 1 unspecified atom stereocenters. The molecule has 6 nitrogen and oxygen atoms in total. The highest BCUT2D eigenvalue weighted by molar-refractivity contribution is 6.25. The molecule has 0 saturated heterocycles. The zero-order valence-corrected chi connectivity index (χ0v) is 15.0. The molecule has 2 rings (SSSR count). The first-order chi connectivity index (χ1) is 12.5. The Kier molecular flexibility index (Phi) is 6.71. The van der Waals surface area contributed by atoms with Gasteiger partial charge in [0.15, 0.2) is 11.5 Å². The lowest BCUT2D eigenvalue weighted by atomic mass is 9.85. The minimum Gasteiger partial charge on any atom is -0.507 e. The van der Waals surface area contributed by atoms with E-state index in [1.807, 2.05) is 6.92 Å². The maximum absolute atomic E-state index is 12.5. The number of unbranched alkanes of at least 4 members (excludes halogenated alkanes) is 1. The Balaban J connectivity index is 2.61. The molecule has 0 spiro atoms. The summed E-state index contributed by atoms with van der Waals surface area (Å²) in [6.07, 6.45) is 5.68. The molecule has 0 aliphatic heterocycles. The van der Waals surface area contributed by atoms with Gasteiger partial charge in [-0.05, 0) is 24.5 Å². The Labute approximate surface area is 152 Å². The molecule has 0 aromatic heterocycles. The van der Waals surface area contributed by atoms with Gasteiger partial charge < -0.3 is 20.1 Å². The lowest BCUT2D eigenvalue weighted by molar-refractivity contribution is 0.0913. The van der Waals surface area contributed by atoms with E-state index in [0.717, 1.165) is 18.9 Å². The Bertz CT molecular complexity index is 760. The fourth-order valence-electron chi connectivity index (χ4n) is 3.08. The summed E-state index contributed by atoms with van der Waals surface area (Å²) in [5.74, 6) is -1.46. The first-order valence-electron chi connectivity index (χ1n) is 8.63. The fourth-order valence-corrected chi connectivity index (χ4v) is 3.08. The lowest BCUT2D eigenvalue weighted by Crippen LogP contribution is -2.20. The predicted molar refractivity (Wildman–Crippen MR) is 96.3 cm³/mol. The number of methoxy groups -OCH3 is 1. The van der Waals surface area contributed by atoms with Gasteiger partial charge in [-0.3, -0.25) is 9.59 Å². The normalized spacial score (nSPS) is 15.2. The molecule has 0 saturated carbocycles. The second-order valence-corrected chi connectivity index (χ2v) is 6.14. The molecule has 140 valence electrons. The van der Waals surface area contributed by atoms with Crippen LogP contribution in [0.2, 0.25) is 0 Å². The second kappa shape index (κ2) is 8.78. The Morgan fingerprint density at radius 1 is 1.27 bits per heavy atom. The highest BCUT2D eigenvalue weighted by Crippen LogP contribution is 2.39. The van der Waals surface area contributed by atoms with Crippen molar-refractivity contribution in [1.29, 1.82) is 0 Å². The third kappa shape index (κ3) is 3.86. The average Bonchev–Trinajstić information content (AvgIpc) is 2.62. The number of aromatic hydroxyl groups is 1. The summed E-state index contributed by atoms with van der Waals surface area (Å²) in [5.41, 5.74) is 0.755. The summed E-state index contributed by atoms with van der Waals surface area (Å²) in [6.45, 7) is 1.85. The summed E-state index contributed by atoms with van der Waals surface area (Å²) in [4.78, 5) is 24.9. The molecule has 1 atom stereocenters. The fraction of sp³-hybridized carbons (Fsp3) is 0.400. The number of carbonyl (C=O) groups is 2. The van der Waals surface area contributed by atoms with Crippen LogP contribution >= 0.6 is 0 Å². The SMILES string of the molecule is CCCCC(O)c1c(C/C=C/CO)cc2c(c1O)C(=O)C=C(OC)C2=O. The molecule has 0 amide bonds. The van der Waals surface area contributed by atoms with Crippen LogP contribution in [-0.4, -0.2) is 40.6 Å². The molecule has 0 heterocycles. The maximum atomic E-state index is 12.5. The van der Waals surface area contributed by atoms with Gasteiger partial charge >= 0.3 is 0 Å². The molecule has 0 radical (unpaired) electrons. The number of aliphatic hydroxyl groups is 2. The van der Waals surface area contributed by atoms with E-state index >= 15 is 0 Å². The van der Waals surface area contributed by atoms with Crippen LogP contribution in [-0.2, 0) is 11.2 Å². The summed E-state index contributed by atoms with van der Waals surface area (Å²) in [7, 11) is 1.30. The predicted octanol–water partition coefficient (Wildman–Crippen LogP) is 2.62. The Morgan fingerprint density at radius 3 is 2.62 bits per heavy atom. The van der Waals surface area contributed by atoms with Crippen molar-refractivity contribution in [2.75, 3.05) is 13.7 Å². The van der Waals surface area contributed by atoms with Crippen LogP contribution in [0.3, 0.4) is 0 Å². The molecule has 1 aromatic rings. The third-order valence-electron chi connectivity index (χ3n) is 4.40. The number of ether oxygens (including phenoxy) is 1. The van der Waals surface area contributed by atoms with E-state index in [-0.39, 0.29) is 34.8 Å². The summed E-state index contributed by atoms with van der Waals surface area (Å²) in [5, 5.41) is 30.2. The van der Waals surface area contributed by atoms with Gasteiger partial charge in [-0.15, -0.1) is 0 Å². The van der Waals surface area contributed by atoms with Gasteiger partial charge in [0.05, 0.1) is 25.4 Å².